The Kier molecular flexibility index (Phi) is 12.5. The van der Waals surface area contributed by atoms with Gasteiger partial charge in [-0.15, -0.1) is 0 Å². The third kappa shape index (κ3) is 14.9. The van der Waals surface area contributed by atoms with Crippen LogP contribution in [0.2, 0.25) is 64.5 Å². The molecule has 0 fully saturated rings. The normalized spacial score (nSPS) is 13.4. The van der Waals surface area contributed by atoms with Gasteiger partial charge in [-0.3, -0.25) is 0 Å². The molecular formula is C18H43O6PSi4. The summed E-state index contributed by atoms with van der Waals surface area (Å²) in [6, 6.07) is 1.96. The van der Waals surface area contributed by atoms with Gasteiger partial charge in [0.1, 0.15) is 0 Å². The van der Waals surface area contributed by atoms with Crippen LogP contribution in [0.25, 0.3) is 0 Å². The molecule has 172 valence electrons. The van der Waals surface area contributed by atoms with Crippen LogP contribution in [0.15, 0.2) is 12.2 Å². The van der Waals surface area contributed by atoms with Crippen LogP contribution in [-0.4, -0.2) is 52.9 Å². The molecule has 0 aliphatic heterocycles. The minimum absolute atomic E-state index is 0.329. The topological polar surface area (TPSA) is 63.2 Å². The molecular weight excluding hydrogens is 456 g/mol. The molecule has 0 N–H and O–H groups in total. The number of hydrogen-bond donors (Lipinski definition) is 0. The zero-order chi connectivity index (χ0) is 22.9. The Morgan fingerprint density at radius 1 is 0.793 bits per heavy atom. The highest BCUT2D eigenvalue weighted by molar-refractivity contribution is 7.09. The van der Waals surface area contributed by atoms with E-state index in [-0.39, 0.29) is 5.97 Å². The largest absolute Gasteiger partial charge is 0.462 e. The Labute approximate surface area is 185 Å². The molecule has 0 aliphatic carbocycles. The van der Waals surface area contributed by atoms with Crippen LogP contribution in [0.5, 0.6) is 0 Å². The molecule has 0 saturated heterocycles. The van der Waals surface area contributed by atoms with E-state index >= 15 is 0 Å². The lowest BCUT2D eigenvalue weighted by atomic mass is 10.4. The zero-order valence-corrected chi connectivity index (χ0v) is 25.1. The van der Waals surface area contributed by atoms with Gasteiger partial charge in [0.05, 0.1) is 6.61 Å². The van der Waals surface area contributed by atoms with Gasteiger partial charge in [0.25, 0.3) is 0 Å². The van der Waals surface area contributed by atoms with Crippen molar-refractivity contribution in [2.24, 2.45) is 0 Å². The molecule has 0 spiro atoms. The standard InChI is InChI=1S/C18H43O6PSi4/c1-17(2)18(19)20-13-11-15-26(3,4)22-28(7,8)24-29(9,10)23-27(5,6)16-12-14-21-25/h1,11-16,25H2,2-10H3. The fourth-order valence-corrected chi connectivity index (χ4v) is 22.9. The molecule has 1 atom stereocenters. The summed E-state index contributed by atoms with van der Waals surface area (Å²) in [7, 11) is -6.10. The lowest BCUT2D eigenvalue weighted by Crippen LogP contribution is -2.56. The van der Waals surface area contributed by atoms with Crippen molar-refractivity contribution in [2.75, 3.05) is 13.2 Å². The van der Waals surface area contributed by atoms with Crippen molar-refractivity contribution in [1.29, 1.82) is 0 Å². The second-order valence-corrected chi connectivity index (χ2v) is 26.0. The number of carbonyl (C=O) groups excluding carboxylic acids is 1. The van der Waals surface area contributed by atoms with Crippen molar-refractivity contribution >= 4 is 49.2 Å². The minimum atomic E-state index is -2.34. The molecule has 11 heteroatoms. The summed E-state index contributed by atoms with van der Waals surface area (Å²) in [5.41, 5.74) is 0.430. The smallest absolute Gasteiger partial charge is 0.333 e. The number of carbonyl (C=O) groups is 1. The molecule has 0 aromatic carbocycles. The van der Waals surface area contributed by atoms with Crippen LogP contribution in [0, 0.1) is 0 Å². The lowest BCUT2D eigenvalue weighted by molar-refractivity contribution is -0.138. The molecule has 1 unspecified atom stereocenters. The monoisotopic (exact) mass is 498 g/mol. The quantitative estimate of drug-likeness (QED) is 0.0969. The minimum Gasteiger partial charge on any atom is -0.462 e. The van der Waals surface area contributed by atoms with Crippen molar-refractivity contribution in [3.8, 4) is 0 Å². The van der Waals surface area contributed by atoms with E-state index in [1.165, 1.54) is 0 Å². The zero-order valence-electron chi connectivity index (χ0n) is 20.0. The maximum atomic E-state index is 11.5. The summed E-state index contributed by atoms with van der Waals surface area (Å²) >= 11 is 0. The predicted octanol–water partition coefficient (Wildman–Crippen LogP) is 5.56. The van der Waals surface area contributed by atoms with Crippen LogP contribution in [-0.2, 0) is 26.4 Å². The maximum absolute atomic E-state index is 11.5. The number of ether oxygens (including phenoxy) is 1. The summed E-state index contributed by atoms with van der Waals surface area (Å²) in [4.78, 5) is 11.5. The maximum Gasteiger partial charge on any atom is 0.333 e. The first-order chi connectivity index (χ1) is 13.0. The van der Waals surface area contributed by atoms with Gasteiger partial charge in [-0.05, 0) is 84.2 Å². The molecule has 0 aromatic rings. The first-order valence-corrected chi connectivity index (χ1v) is 22.6. The second kappa shape index (κ2) is 12.4. The van der Waals surface area contributed by atoms with Crippen molar-refractivity contribution in [2.45, 2.75) is 84.2 Å². The first kappa shape index (κ1) is 29.3. The van der Waals surface area contributed by atoms with Gasteiger partial charge in [-0.2, -0.15) is 0 Å². The third-order valence-electron chi connectivity index (χ3n) is 4.08. The molecule has 6 nitrogen and oxygen atoms in total. The van der Waals surface area contributed by atoms with Gasteiger partial charge < -0.3 is 21.6 Å². The number of rotatable bonds is 15. The number of hydrogen-bond acceptors (Lipinski definition) is 6. The molecule has 0 saturated carbocycles. The van der Waals surface area contributed by atoms with Crippen molar-refractivity contribution in [3.05, 3.63) is 12.2 Å². The van der Waals surface area contributed by atoms with E-state index in [2.05, 4.69) is 68.4 Å². The first-order valence-electron chi connectivity index (χ1n) is 10.3. The Morgan fingerprint density at radius 2 is 1.21 bits per heavy atom. The molecule has 0 radical (unpaired) electrons. The van der Waals surface area contributed by atoms with E-state index in [9.17, 15) is 4.79 Å². The van der Waals surface area contributed by atoms with Crippen molar-refractivity contribution in [3.63, 3.8) is 0 Å². The van der Waals surface area contributed by atoms with Gasteiger partial charge in [-0.25, -0.2) is 4.79 Å². The Morgan fingerprint density at radius 3 is 1.59 bits per heavy atom. The average Bonchev–Trinajstić information content (AvgIpc) is 2.47. The van der Waals surface area contributed by atoms with E-state index in [0.29, 0.717) is 12.2 Å². The molecule has 29 heavy (non-hydrogen) atoms. The average molecular weight is 499 g/mol. The fraction of sp³-hybridized carbons (Fsp3) is 0.833. The molecule has 0 aliphatic rings. The predicted molar refractivity (Wildman–Crippen MR) is 133 cm³/mol. The van der Waals surface area contributed by atoms with E-state index in [1.807, 2.05) is 0 Å². The van der Waals surface area contributed by atoms with Gasteiger partial charge >= 0.3 is 23.1 Å². The Hall–Kier alpha value is 0.348. The molecule has 0 bridgehead atoms. The van der Waals surface area contributed by atoms with E-state index in [0.717, 1.165) is 31.5 Å². The van der Waals surface area contributed by atoms with Crippen LogP contribution in [0.4, 0.5) is 0 Å². The summed E-state index contributed by atoms with van der Waals surface area (Å²) in [6.45, 7) is 23.7. The Bertz CT molecular complexity index is 540. The molecule has 0 rings (SSSR count). The highest BCUT2D eigenvalue weighted by atomic mass is 31.0. The van der Waals surface area contributed by atoms with Crippen LogP contribution in [0.1, 0.15) is 19.8 Å². The highest BCUT2D eigenvalue weighted by Gasteiger charge is 2.43. The summed E-state index contributed by atoms with van der Waals surface area (Å²) in [6.07, 6.45) is 1.79. The van der Waals surface area contributed by atoms with Gasteiger partial charge in [0.15, 0.2) is 16.6 Å². The highest BCUT2D eigenvalue weighted by Crippen LogP contribution is 2.27. The van der Waals surface area contributed by atoms with E-state index < -0.39 is 33.8 Å². The molecule has 0 aromatic heterocycles. The van der Waals surface area contributed by atoms with Gasteiger partial charge in [0, 0.05) is 21.6 Å². The Balaban J connectivity index is 4.64. The van der Waals surface area contributed by atoms with Gasteiger partial charge in [0.2, 0.25) is 0 Å². The summed E-state index contributed by atoms with van der Waals surface area (Å²) in [5, 5.41) is 0. The SMILES string of the molecule is C=C(C)C(=O)OCCC[Si](C)(C)O[Si](C)(C)O[Si](C)(C)O[Si](C)(C)CCCOP. The second-order valence-electron chi connectivity index (χ2n) is 9.62. The molecule has 0 amide bonds. The van der Waals surface area contributed by atoms with Crippen LogP contribution >= 0.6 is 9.47 Å². The molecule has 0 heterocycles. The summed E-state index contributed by atoms with van der Waals surface area (Å²) < 4.78 is 30.0. The summed E-state index contributed by atoms with van der Waals surface area (Å²) in [5.74, 6) is -0.329. The third-order valence-corrected chi connectivity index (χ3v) is 19.7. The van der Waals surface area contributed by atoms with Crippen molar-refractivity contribution < 1.29 is 26.4 Å². The van der Waals surface area contributed by atoms with Crippen LogP contribution in [0.3, 0.4) is 0 Å². The van der Waals surface area contributed by atoms with Crippen molar-refractivity contribution in [1.82, 2.24) is 0 Å². The van der Waals surface area contributed by atoms with Crippen LogP contribution < -0.4 is 0 Å². The van der Waals surface area contributed by atoms with Gasteiger partial charge in [-0.1, -0.05) is 6.58 Å². The lowest BCUT2D eigenvalue weighted by Gasteiger charge is -2.41. The number of esters is 1. The van der Waals surface area contributed by atoms with E-state index in [1.54, 1.807) is 6.92 Å². The van der Waals surface area contributed by atoms with E-state index in [4.69, 9.17) is 21.6 Å². The fourth-order valence-electron chi connectivity index (χ4n) is 3.43.